The molecule has 0 atom stereocenters. The van der Waals surface area contributed by atoms with E-state index < -0.39 is 4.92 Å². The smallest absolute Gasteiger partial charge is 0.270 e. The minimum absolute atomic E-state index is 0.0285. The number of amides is 2. The van der Waals surface area contributed by atoms with Gasteiger partial charge in [0, 0.05) is 23.2 Å². The molecular weight excluding hydrogens is 498 g/mol. The van der Waals surface area contributed by atoms with Gasteiger partial charge in [0.25, 0.3) is 5.69 Å². The van der Waals surface area contributed by atoms with Gasteiger partial charge in [-0.15, -0.1) is 11.3 Å². The Kier molecular flexibility index (Phi) is 7.35. The second-order valence-corrected chi connectivity index (χ2v) is 9.93. The Morgan fingerprint density at radius 1 is 1.12 bits per heavy atom. The number of aromatic nitrogens is 2. The van der Waals surface area contributed by atoms with Crippen molar-refractivity contribution in [2.45, 2.75) is 10.8 Å². The Labute approximate surface area is 205 Å². The summed E-state index contributed by atoms with van der Waals surface area (Å²) in [5.74, 6) is 0.426. The minimum atomic E-state index is -0.474. The van der Waals surface area contributed by atoms with Crippen LogP contribution in [0.5, 0.6) is 5.75 Å². The third kappa shape index (κ3) is 6.07. The number of nitrogens with one attached hydrogen (secondary N) is 2. The molecule has 0 aliphatic carbocycles. The highest BCUT2D eigenvalue weighted by Crippen LogP contribution is 2.29. The minimum Gasteiger partial charge on any atom is -0.497 e. The molecule has 2 heterocycles. The number of hydrogen-bond donors (Lipinski definition) is 2. The van der Waals surface area contributed by atoms with Gasteiger partial charge in [0.2, 0.25) is 11.8 Å². The molecule has 4 aromatic rings. The summed E-state index contributed by atoms with van der Waals surface area (Å²) in [6.07, 6.45) is 0.0468. The van der Waals surface area contributed by atoms with E-state index in [4.69, 9.17) is 4.74 Å². The first-order chi connectivity index (χ1) is 16.4. The Morgan fingerprint density at radius 3 is 2.65 bits per heavy atom. The van der Waals surface area contributed by atoms with Gasteiger partial charge in [-0.3, -0.25) is 19.7 Å². The number of nitro groups is 1. The number of thiazole rings is 2. The number of carbonyl (C=O) groups is 2. The summed E-state index contributed by atoms with van der Waals surface area (Å²) in [5, 5.41) is 18.6. The fraction of sp³-hybridized carbons (Fsp3) is 0.143. The maximum Gasteiger partial charge on any atom is 0.270 e. The first-order valence-corrected chi connectivity index (χ1v) is 12.4. The van der Waals surface area contributed by atoms with Gasteiger partial charge in [0.05, 0.1) is 40.1 Å². The number of nitro benzene ring substituents is 1. The molecule has 0 unspecified atom stereocenters. The zero-order valence-electron chi connectivity index (χ0n) is 17.6. The second kappa shape index (κ2) is 10.6. The zero-order valence-corrected chi connectivity index (χ0v) is 20.1. The molecular formula is C21H17N5O5S3. The molecule has 2 aromatic carbocycles. The van der Waals surface area contributed by atoms with Crippen LogP contribution in [0.2, 0.25) is 0 Å². The van der Waals surface area contributed by atoms with Gasteiger partial charge < -0.3 is 15.4 Å². The van der Waals surface area contributed by atoms with Crippen LogP contribution in [0.4, 0.5) is 16.5 Å². The van der Waals surface area contributed by atoms with Crippen LogP contribution < -0.4 is 15.4 Å². The van der Waals surface area contributed by atoms with Crippen molar-refractivity contribution in [1.29, 1.82) is 0 Å². The molecule has 0 aliphatic rings. The molecule has 0 aliphatic heterocycles. The number of ether oxygens (including phenoxy) is 1. The molecule has 2 aromatic heterocycles. The van der Waals surface area contributed by atoms with Crippen molar-refractivity contribution < 1.29 is 19.2 Å². The highest BCUT2D eigenvalue weighted by Gasteiger charge is 2.14. The predicted octanol–water partition coefficient (Wildman–Crippen LogP) is 4.58. The highest BCUT2D eigenvalue weighted by molar-refractivity contribution is 8.01. The molecule has 0 radical (unpaired) electrons. The summed E-state index contributed by atoms with van der Waals surface area (Å²) < 4.78 is 6.39. The number of rotatable bonds is 9. The van der Waals surface area contributed by atoms with E-state index >= 15 is 0 Å². The van der Waals surface area contributed by atoms with Gasteiger partial charge in [-0.2, -0.15) is 0 Å². The number of anilines is 2. The normalized spacial score (nSPS) is 10.7. The molecule has 0 fully saturated rings. The Balaban J connectivity index is 1.27. The van der Waals surface area contributed by atoms with E-state index in [1.807, 2.05) is 0 Å². The van der Waals surface area contributed by atoms with Crippen LogP contribution in [-0.2, 0) is 16.0 Å². The summed E-state index contributed by atoms with van der Waals surface area (Å²) in [6, 6.07) is 11.4. The Hall–Kier alpha value is -3.55. The average molecular weight is 516 g/mol. The maximum atomic E-state index is 12.4. The van der Waals surface area contributed by atoms with Gasteiger partial charge in [-0.1, -0.05) is 23.1 Å². The fourth-order valence-electron chi connectivity index (χ4n) is 2.84. The standard InChI is InChI=1S/C21H17N5O5S3/c1-31-15-5-2-12(3-6-15)22-19(28)11-33-21-23-13(10-32-21)8-18(27)25-20-24-16-7-4-14(26(29)30)9-17(16)34-20/h2-7,9-10H,8,11H2,1H3,(H,22,28)(H,24,25,27). The number of benzene rings is 2. The van der Waals surface area contributed by atoms with E-state index in [2.05, 4.69) is 20.6 Å². The topological polar surface area (TPSA) is 136 Å². The van der Waals surface area contributed by atoms with E-state index in [0.717, 1.165) is 0 Å². The third-order valence-corrected chi connectivity index (χ3v) is 7.41. The molecule has 174 valence electrons. The van der Waals surface area contributed by atoms with Gasteiger partial charge in [-0.25, -0.2) is 9.97 Å². The first kappa shape index (κ1) is 23.6. The van der Waals surface area contributed by atoms with Crippen LogP contribution in [0.1, 0.15) is 5.69 Å². The van der Waals surface area contributed by atoms with Crippen LogP contribution in [0, 0.1) is 10.1 Å². The van der Waals surface area contributed by atoms with Gasteiger partial charge in [0.1, 0.15) is 5.75 Å². The molecule has 10 nitrogen and oxygen atoms in total. The quantitative estimate of drug-likeness (QED) is 0.188. The van der Waals surface area contributed by atoms with E-state index in [-0.39, 0.29) is 29.7 Å². The molecule has 4 rings (SSSR count). The number of methoxy groups -OCH3 is 1. The molecule has 0 saturated carbocycles. The average Bonchev–Trinajstić information content (AvgIpc) is 3.43. The van der Waals surface area contributed by atoms with Crippen molar-refractivity contribution >= 4 is 73.0 Å². The Morgan fingerprint density at radius 2 is 1.91 bits per heavy atom. The van der Waals surface area contributed by atoms with Crippen molar-refractivity contribution in [3.63, 3.8) is 0 Å². The number of fused-ring (bicyclic) bond motifs is 1. The number of thioether (sulfide) groups is 1. The second-order valence-electron chi connectivity index (χ2n) is 6.82. The number of non-ortho nitro benzene ring substituents is 1. The van der Waals surface area contributed by atoms with Crippen molar-refractivity contribution in [2.24, 2.45) is 0 Å². The molecule has 0 bridgehead atoms. The van der Waals surface area contributed by atoms with Crippen LogP contribution in [0.25, 0.3) is 10.2 Å². The highest BCUT2D eigenvalue weighted by atomic mass is 32.2. The van der Waals surface area contributed by atoms with E-state index in [1.165, 1.54) is 46.6 Å². The van der Waals surface area contributed by atoms with Crippen molar-refractivity contribution in [1.82, 2.24) is 9.97 Å². The summed E-state index contributed by atoms with van der Waals surface area (Å²) in [7, 11) is 1.58. The van der Waals surface area contributed by atoms with Gasteiger partial charge >= 0.3 is 0 Å². The van der Waals surface area contributed by atoms with Crippen molar-refractivity contribution in [3.8, 4) is 5.75 Å². The third-order valence-electron chi connectivity index (χ3n) is 4.40. The predicted molar refractivity (Wildman–Crippen MR) is 133 cm³/mol. The SMILES string of the molecule is COc1ccc(NC(=O)CSc2nc(CC(=O)Nc3nc4ccc([N+](=O)[O-])cc4s3)cs2)cc1. The number of nitrogens with zero attached hydrogens (tertiary/aromatic N) is 3. The lowest BCUT2D eigenvalue weighted by Crippen LogP contribution is -2.14. The van der Waals surface area contributed by atoms with E-state index in [0.29, 0.717) is 36.8 Å². The summed E-state index contributed by atoms with van der Waals surface area (Å²) in [6.45, 7) is 0. The van der Waals surface area contributed by atoms with Crippen LogP contribution in [-0.4, -0.2) is 39.6 Å². The van der Waals surface area contributed by atoms with Crippen molar-refractivity contribution in [3.05, 3.63) is 63.7 Å². The molecule has 0 spiro atoms. The summed E-state index contributed by atoms with van der Waals surface area (Å²) >= 11 is 3.81. The lowest BCUT2D eigenvalue weighted by Gasteiger charge is -2.05. The van der Waals surface area contributed by atoms with Crippen LogP contribution in [0.3, 0.4) is 0 Å². The number of hydrogen-bond acceptors (Lipinski definition) is 10. The summed E-state index contributed by atoms with van der Waals surface area (Å²) in [4.78, 5) is 43.7. The van der Waals surface area contributed by atoms with Gasteiger partial charge in [-0.05, 0) is 30.3 Å². The first-order valence-electron chi connectivity index (χ1n) is 9.75. The largest absolute Gasteiger partial charge is 0.497 e. The van der Waals surface area contributed by atoms with Crippen LogP contribution >= 0.6 is 34.4 Å². The monoisotopic (exact) mass is 515 g/mol. The zero-order chi connectivity index (χ0) is 24.1. The molecule has 0 saturated heterocycles. The molecule has 34 heavy (non-hydrogen) atoms. The molecule has 2 N–H and O–H groups in total. The summed E-state index contributed by atoms with van der Waals surface area (Å²) in [5.41, 5.74) is 1.80. The fourth-order valence-corrected chi connectivity index (χ4v) is 5.40. The van der Waals surface area contributed by atoms with Crippen LogP contribution in [0.15, 0.2) is 52.2 Å². The van der Waals surface area contributed by atoms with E-state index in [9.17, 15) is 19.7 Å². The Bertz CT molecular complexity index is 1350. The van der Waals surface area contributed by atoms with E-state index in [1.54, 1.807) is 42.8 Å². The lowest BCUT2D eigenvalue weighted by atomic mass is 10.3. The maximum absolute atomic E-state index is 12.4. The molecule has 2 amide bonds. The lowest BCUT2D eigenvalue weighted by molar-refractivity contribution is -0.384. The number of carbonyl (C=O) groups excluding carboxylic acids is 2. The van der Waals surface area contributed by atoms with Crippen molar-refractivity contribution in [2.75, 3.05) is 23.5 Å². The van der Waals surface area contributed by atoms with Gasteiger partial charge in [0.15, 0.2) is 9.47 Å². The molecule has 13 heteroatoms.